The molecule has 0 aliphatic heterocycles. The number of rotatable bonds is 18. The first-order chi connectivity index (χ1) is 32.2. The number of aliphatic carboxylic acids is 1. The van der Waals surface area contributed by atoms with Crippen molar-refractivity contribution >= 4 is 73.1 Å². The number of allylic oxidation sites excluding steroid dienone is 4. The predicted octanol–water partition coefficient (Wildman–Crippen LogP) is 3.28. The van der Waals surface area contributed by atoms with E-state index in [-0.39, 0.29) is 30.4 Å². The van der Waals surface area contributed by atoms with Gasteiger partial charge in [-0.15, -0.1) is 0 Å². The summed E-state index contributed by atoms with van der Waals surface area (Å²) in [5.41, 5.74) is -6.17. The van der Waals surface area contributed by atoms with Gasteiger partial charge in [0.25, 0.3) is 0 Å². The number of phosphoric ester groups is 1. The van der Waals surface area contributed by atoms with Gasteiger partial charge in [-0.2, -0.15) is 12.6 Å². The van der Waals surface area contributed by atoms with Gasteiger partial charge in [-0.3, -0.25) is 42.9 Å². The molecule has 69 heavy (non-hydrogen) atoms. The number of aliphatic hydroxyl groups excluding tert-OH is 1. The van der Waals surface area contributed by atoms with Gasteiger partial charge in [0.15, 0.2) is 23.0 Å². The fourth-order valence-electron chi connectivity index (χ4n) is 11.0. The van der Waals surface area contributed by atoms with E-state index in [1.807, 2.05) is 0 Å². The van der Waals surface area contributed by atoms with Crippen LogP contribution < -0.4 is 21.3 Å². The molecule has 22 heteroatoms. The number of carboxylic acid groups (broad SMARTS) is 1. The number of amides is 4. The monoisotopic (exact) mass is 1000 g/mol. The van der Waals surface area contributed by atoms with Crippen LogP contribution in [0.1, 0.15) is 81.3 Å². The number of hydrogen-bond donors (Lipinski definition) is 9. The number of phosphoric acid groups is 1. The van der Waals surface area contributed by atoms with Crippen molar-refractivity contribution in [2.24, 2.45) is 28.1 Å². The zero-order valence-corrected chi connectivity index (χ0v) is 39.9. The van der Waals surface area contributed by atoms with Gasteiger partial charge in [0.1, 0.15) is 30.3 Å². The number of nitrogens with one attached hydrogen (secondary N) is 4. The van der Waals surface area contributed by atoms with Gasteiger partial charge in [-0.05, 0) is 105 Å². The Balaban J connectivity index is 1.13. The number of alkyl halides is 2. The smallest absolute Gasteiger partial charge is 0.470 e. The van der Waals surface area contributed by atoms with Gasteiger partial charge in [-0.1, -0.05) is 49.4 Å². The van der Waals surface area contributed by atoms with E-state index in [2.05, 4.69) is 38.4 Å². The second-order valence-corrected chi connectivity index (χ2v) is 20.6. The Labute approximate surface area is 401 Å². The molecule has 3 saturated carbocycles. The molecule has 18 nitrogen and oxygen atoms in total. The standard InChI is InChI=1S/C47H55F2N4O14PS/c1-24(51-38(57)22-50-43(63)35(69)20-39(58)59)41(61)52-25(2)42(62)53-29-7-5-6-27(17-29)16-26-8-10-28(11-9-26)40(60)46(37(56)23-67-68(64,65)66)15-13-31-32-19-34(48)33-18-30(54)12-14-44(33,3)47(32,49)36(55)21-45(31,46)4/h5-12,14,17-18,24-25,31-32,34-36,55,69H,13,15-16,19-23H2,1-4H3,(H,50,63)(H,51,57)(H,52,61)(H,53,62)(H,58,59)(H2,64,65,66)/t24-,25-,31?,32-,34-,35?,36-,44-,45-,46+,47-/m0/s1. The Morgan fingerprint density at radius 3 is 2.26 bits per heavy atom. The third-order valence-corrected chi connectivity index (χ3v) is 15.4. The number of anilines is 1. The molecule has 0 bridgehead atoms. The van der Waals surface area contributed by atoms with Crippen LogP contribution in [0.4, 0.5) is 14.5 Å². The van der Waals surface area contributed by atoms with E-state index in [4.69, 9.17) is 5.11 Å². The maximum atomic E-state index is 17.9. The molecule has 4 aliphatic carbocycles. The maximum Gasteiger partial charge on any atom is 0.470 e. The Hall–Kier alpha value is -5.44. The molecule has 11 atom stereocenters. The number of Topliss-reactive ketones (excluding diaryl/α,β-unsaturated/α-hetero) is 2. The Morgan fingerprint density at radius 2 is 1.61 bits per heavy atom. The van der Waals surface area contributed by atoms with Crippen LogP contribution >= 0.6 is 20.5 Å². The van der Waals surface area contributed by atoms with E-state index in [1.54, 1.807) is 43.3 Å². The zero-order chi connectivity index (χ0) is 51.0. The SMILES string of the molecule is C[C@H](NC(=O)CNC(=O)C(S)CC(=O)O)C(=O)N[C@@H](C)C(=O)Nc1cccc(Cc2ccc(C(=O)[C@]3(C(=O)COP(=O)(O)O)CCC4[C@@H]5C[C@H](F)C6=CC(=O)C=C[C@]6(C)[C@@]5(F)[C@@H](O)C[C@@]43C)cc2)c1. The van der Waals surface area contributed by atoms with Crippen molar-refractivity contribution in [3.05, 3.63) is 89.0 Å². The van der Waals surface area contributed by atoms with E-state index in [0.29, 0.717) is 16.8 Å². The van der Waals surface area contributed by atoms with Crippen molar-refractivity contribution in [2.75, 3.05) is 18.5 Å². The second-order valence-electron chi connectivity index (χ2n) is 18.7. The maximum absolute atomic E-state index is 17.9. The van der Waals surface area contributed by atoms with Crippen LogP contribution in [0.2, 0.25) is 0 Å². The minimum atomic E-state index is -5.22. The van der Waals surface area contributed by atoms with Crippen LogP contribution in [0.3, 0.4) is 0 Å². The lowest BCUT2D eigenvalue weighted by atomic mass is 9.42. The molecule has 0 saturated heterocycles. The summed E-state index contributed by atoms with van der Waals surface area (Å²) in [5.74, 6) is -8.44. The number of fused-ring (bicyclic) bond motifs is 5. The Kier molecular flexibility index (Phi) is 15.4. The lowest BCUT2D eigenvalue weighted by Crippen LogP contribution is -2.70. The van der Waals surface area contributed by atoms with Crippen LogP contribution in [-0.4, -0.2) is 115 Å². The normalized spacial score (nSPS) is 29.4. The van der Waals surface area contributed by atoms with Gasteiger partial charge >= 0.3 is 13.8 Å². The van der Waals surface area contributed by atoms with Gasteiger partial charge in [-0.25, -0.2) is 13.3 Å². The Bertz CT molecular complexity index is 2560. The average molecular weight is 1000 g/mol. The van der Waals surface area contributed by atoms with Gasteiger partial charge in [0.05, 0.1) is 24.3 Å². The molecule has 4 amide bonds. The van der Waals surface area contributed by atoms with Crippen molar-refractivity contribution in [2.45, 2.75) is 101 Å². The second kappa shape index (κ2) is 20.1. The molecule has 8 N–H and O–H groups in total. The molecule has 0 spiro atoms. The molecule has 2 aromatic carbocycles. The van der Waals surface area contributed by atoms with Crippen molar-refractivity contribution in [1.29, 1.82) is 0 Å². The molecule has 0 aromatic heterocycles. The summed E-state index contributed by atoms with van der Waals surface area (Å²) < 4.78 is 50.4. The van der Waals surface area contributed by atoms with E-state index < -0.39 is 151 Å². The van der Waals surface area contributed by atoms with Gasteiger partial charge in [0, 0.05) is 22.6 Å². The van der Waals surface area contributed by atoms with Crippen molar-refractivity contribution in [3.63, 3.8) is 0 Å². The number of carbonyl (C=O) groups is 8. The quantitative estimate of drug-likeness (QED) is 0.0449. The molecular weight excluding hydrogens is 946 g/mol. The van der Waals surface area contributed by atoms with Gasteiger partial charge in [0.2, 0.25) is 23.6 Å². The molecule has 0 heterocycles. The first-order valence-electron chi connectivity index (χ1n) is 22.2. The average Bonchev–Trinajstić information content (AvgIpc) is 3.58. The number of thiol groups is 1. The summed E-state index contributed by atoms with van der Waals surface area (Å²) in [6.07, 6.45) is -1.52. The number of carboxylic acids is 1. The van der Waals surface area contributed by atoms with Gasteiger partial charge < -0.3 is 41.3 Å². The third kappa shape index (κ3) is 10.4. The minimum Gasteiger partial charge on any atom is -0.481 e. The summed E-state index contributed by atoms with van der Waals surface area (Å²) in [6.45, 7) is 4.03. The van der Waals surface area contributed by atoms with Crippen LogP contribution in [0.5, 0.6) is 0 Å². The molecule has 2 aromatic rings. The summed E-state index contributed by atoms with van der Waals surface area (Å²) in [7, 11) is -5.22. The minimum absolute atomic E-state index is 0.0320. The number of halogens is 2. The third-order valence-electron chi connectivity index (χ3n) is 14.5. The topological polar surface area (TPSA) is 292 Å². The molecule has 2 unspecified atom stereocenters. The van der Waals surface area contributed by atoms with E-state index in [9.17, 15) is 57.8 Å². The van der Waals surface area contributed by atoms with Crippen LogP contribution in [0, 0.1) is 28.1 Å². The fraction of sp³-hybridized carbons (Fsp3) is 0.489. The highest BCUT2D eigenvalue weighted by molar-refractivity contribution is 7.81. The predicted molar refractivity (Wildman–Crippen MR) is 246 cm³/mol. The number of carbonyl (C=O) groups excluding carboxylic acids is 7. The number of benzene rings is 2. The summed E-state index contributed by atoms with van der Waals surface area (Å²) in [4.78, 5) is 122. The van der Waals surface area contributed by atoms with E-state index in [0.717, 1.165) is 12.2 Å². The van der Waals surface area contributed by atoms with Crippen molar-refractivity contribution in [3.8, 4) is 0 Å². The molecule has 4 aliphatic rings. The largest absolute Gasteiger partial charge is 0.481 e. The van der Waals surface area contributed by atoms with Crippen LogP contribution in [-0.2, 0) is 49.1 Å². The lowest BCUT2D eigenvalue weighted by molar-refractivity contribution is -0.207. The Morgan fingerprint density at radius 1 is 0.942 bits per heavy atom. The summed E-state index contributed by atoms with van der Waals surface area (Å²) >= 11 is 3.88. The molecule has 6 rings (SSSR count). The molecule has 3 fully saturated rings. The molecule has 372 valence electrons. The highest BCUT2D eigenvalue weighted by atomic mass is 32.1. The first kappa shape index (κ1) is 52.9. The summed E-state index contributed by atoms with van der Waals surface area (Å²) in [6, 6.07) is 10.7. The fourth-order valence-corrected chi connectivity index (χ4v) is 11.6. The first-order valence-corrected chi connectivity index (χ1v) is 24.2. The van der Waals surface area contributed by atoms with E-state index >= 15 is 8.78 Å². The van der Waals surface area contributed by atoms with Crippen LogP contribution in [0.15, 0.2) is 72.3 Å². The highest BCUT2D eigenvalue weighted by Crippen LogP contribution is 2.72. The summed E-state index contributed by atoms with van der Waals surface area (Å²) in [5, 5.41) is 29.3. The number of aliphatic hydroxyl groups is 1. The highest BCUT2D eigenvalue weighted by Gasteiger charge is 2.76. The lowest BCUT2D eigenvalue weighted by Gasteiger charge is -2.63. The van der Waals surface area contributed by atoms with Crippen LogP contribution in [0.25, 0.3) is 0 Å². The zero-order valence-electron chi connectivity index (χ0n) is 38.1. The van der Waals surface area contributed by atoms with Crippen molar-refractivity contribution < 1.29 is 76.2 Å². The number of ketones is 3. The molecule has 0 radical (unpaired) electrons. The van der Waals surface area contributed by atoms with E-state index in [1.165, 1.54) is 39.0 Å². The molecular formula is C47H55F2N4O14PS. The van der Waals surface area contributed by atoms with Crippen molar-refractivity contribution in [1.82, 2.24) is 16.0 Å². The number of hydrogen-bond acceptors (Lipinski definition) is 12.